The first-order valence-electron chi connectivity index (χ1n) is 9.49. The largest absolute Gasteiger partial charge is 0.417 e. The molecule has 0 amide bonds. The molecular weight excluding hydrogens is 451 g/mol. The monoisotopic (exact) mass is 475 g/mol. The van der Waals surface area contributed by atoms with E-state index in [0.29, 0.717) is 26.9 Å². The van der Waals surface area contributed by atoms with Gasteiger partial charge in [0.2, 0.25) is 4.96 Å². The summed E-state index contributed by atoms with van der Waals surface area (Å²) in [4.78, 5) is 4.56. The lowest BCUT2D eigenvalue weighted by atomic mass is 10.1. The molecule has 1 aromatic carbocycles. The summed E-state index contributed by atoms with van der Waals surface area (Å²) in [7, 11) is -1.98. The van der Waals surface area contributed by atoms with Crippen molar-refractivity contribution in [3.8, 4) is 11.3 Å². The number of aromatic nitrogens is 3. The van der Waals surface area contributed by atoms with Gasteiger partial charge in [-0.2, -0.15) is 18.3 Å². The Hall–Kier alpha value is -1.82. The number of aryl methyl sites for hydroxylation is 1. The maximum absolute atomic E-state index is 13.6. The lowest BCUT2D eigenvalue weighted by molar-refractivity contribution is -0.139. The Morgan fingerprint density at radius 2 is 1.81 bits per heavy atom. The van der Waals surface area contributed by atoms with Gasteiger partial charge in [-0.3, -0.25) is 4.21 Å². The molecule has 2 heterocycles. The minimum atomic E-state index is -4.67. The van der Waals surface area contributed by atoms with Crippen LogP contribution in [-0.2, 0) is 22.6 Å². The number of fused-ring (bicyclic) bond motifs is 1. The van der Waals surface area contributed by atoms with Crippen LogP contribution < -0.4 is 0 Å². The van der Waals surface area contributed by atoms with E-state index in [1.54, 1.807) is 20.8 Å². The van der Waals surface area contributed by atoms with Crippen LogP contribution in [0.2, 0.25) is 0 Å². The van der Waals surface area contributed by atoms with Crippen LogP contribution >= 0.6 is 11.3 Å². The van der Waals surface area contributed by atoms with E-state index < -0.39 is 33.7 Å². The molecule has 31 heavy (non-hydrogen) atoms. The Labute approximate surface area is 184 Å². The van der Waals surface area contributed by atoms with Gasteiger partial charge in [0.1, 0.15) is 10.6 Å². The van der Waals surface area contributed by atoms with Crippen LogP contribution in [0.15, 0.2) is 23.1 Å². The highest BCUT2D eigenvalue weighted by atomic mass is 32.2. The van der Waals surface area contributed by atoms with E-state index >= 15 is 0 Å². The molecule has 11 heteroatoms. The molecule has 6 nitrogen and oxygen atoms in total. The van der Waals surface area contributed by atoms with Crippen molar-refractivity contribution in [1.29, 1.82) is 0 Å². The number of hydrogen-bond acceptors (Lipinski definition) is 6. The Morgan fingerprint density at radius 1 is 1.16 bits per heavy atom. The number of imidazole rings is 1. The van der Waals surface area contributed by atoms with Gasteiger partial charge in [0.15, 0.2) is 0 Å². The lowest BCUT2D eigenvalue weighted by Crippen LogP contribution is -2.22. The summed E-state index contributed by atoms with van der Waals surface area (Å²) in [6.45, 7) is 7.91. The molecule has 0 bridgehead atoms. The smallest absolute Gasteiger partial charge is 0.390 e. The Balaban J connectivity index is 2.14. The molecule has 0 aliphatic heterocycles. The van der Waals surface area contributed by atoms with Crippen molar-refractivity contribution in [3.63, 3.8) is 0 Å². The Bertz CT molecular complexity index is 1140. The zero-order valence-corrected chi connectivity index (χ0v) is 19.4. The average Bonchev–Trinajstić information content (AvgIpc) is 3.14. The molecular formula is C20H24F3N3O3S2. The molecule has 3 aromatic rings. The normalized spacial score (nSPS) is 14.4. The van der Waals surface area contributed by atoms with E-state index in [-0.39, 0.29) is 17.1 Å². The van der Waals surface area contributed by atoms with E-state index in [9.17, 15) is 27.6 Å². The van der Waals surface area contributed by atoms with Gasteiger partial charge in [-0.1, -0.05) is 17.4 Å². The molecule has 1 unspecified atom stereocenters. The SMILES string of the molecule is Cc1nc2sc(C(C)(C)O)nn2c1-c1ccc(C(F)(F)F)c(S(=O)CCC(C)(C)O)c1. The predicted octanol–water partition coefficient (Wildman–Crippen LogP) is 4.28. The molecule has 3 rings (SSSR count). The minimum Gasteiger partial charge on any atom is -0.390 e. The standard InChI is InChI=1S/C20H24F3N3O3S2/c1-11-15(26-17(24-11)30-16(25-26)19(4,5)28)12-6-7-13(20(21,22)23)14(10-12)31(29)9-8-18(2,3)27/h6-7,10,27-28H,8-9H2,1-5H3. The fourth-order valence-electron chi connectivity index (χ4n) is 2.97. The number of hydrogen-bond donors (Lipinski definition) is 2. The molecule has 0 saturated heterocycles. The van der Waals surface area contributed by atoms with E-state index in [4.69, 9.17) is 0 Å². The van der Waals surface area contributed by atoms with Crippen molar-refractivity contribution in [1.82, 2.24) is 14.6 Å². The fourth-order valence-corrected chi connectivity index (χ4v) is 5.51. The van der Waals surface area contributed by atoms with E-state index in [0.717, 1.165) is 6.07 Å². The molecule has 0 saturated carbocycles. The minimum absolute atomic E-state index is 0.0815. The molecule has 0 spiro atoms. The van der Waals surface area contributed by atoms with Crippen LogP contribution in [0, 0.1) is 6.92 Å². The molecule has 1 atom stereocenters. The van der Waals surface area contributed by atoms with Crippen molar-refractivity contribution in [2.45, 2.75) is 63.3 Å². The van der Waals surface area contributed by atoms with E-state index in [1.807, 2.05) is 0 Å². The molecule has 170 valence electrons. The average molecular weight is 476 g/mol. The fraction of sp³-hybridized carbons (Fsp3) is 0.500. The van der Waals surface area contributed by atoms with Crippen LogP contribution in [-0.4, -0.2) is 40.4 Å². The van der Waals surface area contributed by atoms with Gasteiger partial charge in [-0.15, -0.1) is 0 Å². The van der Waals surface area contributed by atoms with Crippen LogP contribution in [0.5, 0.6) is 0 Å². The second-order valence-corrected chi connectivity index (χ2v) is 11.0. The van der Waals surface area contributed by atoms with Crippen LogP contribution in [0.1, 0.15) is 50.4 Å². The number of alkyl halides is 3. The summed E-state index contributed by atoms with van der Waals surface area (Å²) in [5.41, 5.74) is -1.91. The Kier molecular flexibility index (Phi) is 6.11. The number of halogens is 3. The third-order valence-corrected chi connectivity index (χ3v) is 7.23. The van der Waals surface area contributed by atoms with Gasteiger partial charge in [0, 0.05) is 11.3 Å². The van der Waals surface area contributed by atoms with Crippen molar-refractivity contribution in [2.24, 2.45) is 0 Å². The van der Waals surface area contributed by atoms with Gasteiger partial charge in [-0.25, -0.2) is 9.50 Å². The number of rotatable bonds is 6. The van der Waals surface area contributed by atoms with Crippen molar-refractivity contribution in [2.75, 3.05) is 5.75 Å². The van der Waals surface area contributed by atoms with Crippen molar-refractivity contribution >= 4 is 27.1 Å². The first-order valence-corrected chi connectivity index (χ1v) is 11.6. The van der Waals surface area contributed by atoms with Gasteiger partial charge in [-0.05, 0) is 53.2 Å². The summed E-state index contributed by atoms with van der Waals surface area (Å²) in [5.74, 6) is -0.115. The number of benzene rings is 1. The van der Waals surface area contributed by atoms with Crippen molar-refractivity contribution < 1.29 is 27.6 Å². The highest BCUT2D eigenvalue weighted by Gasteiger charge is 2.36. The van der Waals surface area contributed by atoms with Gasteiger partial charge >= 0.3 is 6.18 Å². The van der Waals surface area contributed by atoms with Crippen LogP contribution in [0.3, 0.4) is 0 Å². The second-order valence-electron chi connectivity index (χ2n) is 8.53. The van der Waals surface area contributed by atoms with Gasteiger partial charge in [0.05, 0.1) is 38.2 Å². The summed E-state index contributed by atoms with van der Waals surface area (Å²) >= 11 is 1.19. The lowest BCUT2D eigenvalue weighted by Gasteiger charge is -2.18. The maximum atomic E-state index is 13.6. The topological polar surface area (TPSA) is 87.7 Å². The Morgan fingerprint density at radius 3 is 2.35 bits per heavy atom. The molecule has 0 radical (unpaired) electrons. The molecule has 0 aliphatic rings. The first kappa shape index (κ1) is 23.8. The maximum Gasteiger partial charge on any atom is 0.417 e. The summed E-state index contributed by atoms with van der Waals surface area (Å²) in [5, 5.41) is 24.9. The zero-order valence-electron chi connectivity index (χ0n) is 17.7. The highest BCUT2D eigenvalue weighted by molar-refractivity contribution is 7.85. The predicted molar refractivity (Wildman–Crippen MR) is 113 cm³/mol. The quantitative estimate of drug-likeness (QED) is 0.556. The summed E-state index contributed by atoms with van der Waals surface area (Å²) in [6.07, 6.45) is -4.59. The summed E-state index contributed by atoms with van der Waals surface area (Å²) in [6, 6.07) is 3.47. The van der Waals surface area contributed by atoms with Gasteiger partial charge < -0.3 is 10.2 Å². The van der Waals surface area contributed by atoms with Gasteiger partial charge in [0.25, 0.3) is 0 Å². The highest BCUT2D eigenvalue weighted by Crippen LogP contribution is 2.38. The van der Waals surface area contributed by atoms with Crippen LogP contribution in [0.4, 0.5) is 13.2 Å². The third kappa shape index (κ3) is 5.16. The molecule has 0 aliphatic carbocycles. The zero-order chi connectivity index (χ0) is 23.4. The number of aliphatic hydroxyl groups is 2. The van der Waals surface area contributed by atoms with E-state index in [1.165, 1.54) is 41.8 Å². The molecule has 2 N–H and O–H groups in total. The summed E-state index contributed by atoms with van der Waals surface area (Å²) < 4.78 is 55.0. The molecule has 0 fully saturated rings. The van der Waals surface area contributed by atoms with Crippen LogP contribution in [0.25, 0.3) is 16.2 Å². The second kappa shape index (κ2) is 7.95. The number of nitrogens with zero attached hydrogens (tertiary/aromatic N) is 3. The third-order valence-electron chi connectivity index (χ3n) is 4.61. The van der Waals surface area contributed by atoms with Crippen molar-refractivity contribution in [3.05, 3.63) is 34.5 Å². The van der Waals surface area contributed by atoms with E-state index in [2.05, 4.69) is 10.1 Å². The first-order chi connectivity index (χ1) is 14.1. The molecule has 2 aromatic heterocycles.